The minimum absolute atomic E-state index is 0.0958. The van der Waals surface area contributed by atoms with E-state index in [2.05, 4.69) is 10.3 Å². The number of hydrogen-bond acceptors (Lipinski definition) is 5. The van der Waals surface area contributed by atoms with Crippen molar-refractivity contribution in [2.45, 2.75) is 19.0 Å². The Balaban J connectivity index is 1.66. The molecule has 8 heteroatoms. The van der Waals surface area contributed by atoms with Gasteiger partial charge in [-0.2, -0.15) is 0 Å². The average Bonchev–Trinajstić information content (AvgIpc) is 3.18. The van der Waals surface area contributed by atoms with Crippen LogP contribution >= 0.6 is 34.7 Å². The van der Waals surface area contributed by atoms with Gasteiger partial charge in [0.25, 0.3) is 5.56 Å². The fourth-order valence-corrected chi connectivity index (χ4v) is 4.92. The molecule has 4 aromatic rings. The van der Waals surface area contributed by atoms with Crippen molar-refractivity contribution in [1.82, 2.24) is 9.55 Å². The van der Waals surface area contributed by atoms with Crippen LogP contribution in [0.2, 0.25) is 5.02 Å². The van der Waals surface area contributed by atoms with Gasteiger partial charge in [0.15, 0.2) is 5.16 Å². The van der Waals surface area contributed by atoms with Gasteiger partial charge in [0.05, 0.1) is 27.7 Å². The van der Waals surface area contributed by atoms with Gasteiger partial charge in [-0.05, 0) is 54.6 Å². The fraction of sp³-hybridized carbons (Fsp3) is 0.136. The van der Waals surface area contributed by atoms with Crippen molar-refractivity contribution in [2.24, 2.45) is 0 Å². The normalized spacial score (nSPS) is 11.0. The predicted octanol–water partition coefficient (Wildman–Crippen LogP) is 5.45. The van der Waals surface area contributed by atoms with Crippen LogP contribution in [0.5, 0.6) is 0 Å². The number of amides is 1. The first-order valence-electron chi connectivity index (χ1n) is 9.19. The van der Waals surface area contributed by atoms with E-state index in [-0.39, 0.29) is 17.2 Å². The number of anilines is 1. The molecule has 0 saturated heterocycles. The molecule has 1 amide bonds. The largest absolute Gasteiger partial charge is 0.324 e. The highest BCUT2D eigenvalue weighted by atomic mass is 35.5. The summed E-state index contributed by atoms with van der Waals surface area (Å²) in [6, 6.07) is 14.9. The van der Waals surface area contributed by atoms with Crippen molar-refractivity contribution in [3.05, 3.63) is 80.4 Å². The Morgan fingerprint density at radius 3 is 2.77 bits per heavy atom. The third-order valence-electron chi connectivity index (χ3n) is 4.53. The molecule has 0 spiro atoms. The summed E-state index contributed by atoms with van der Waals surface area (Å²) in [5.74, 6) is -0.120. The molecule has 0 saturated carbocycles. The van der Waals surface area contributed by atoms with E-state index in [0.717, 1.165) is 16.8 Å². The average molecular weight is 456 g/mol. The summed E-state index contributed by atoms with van der Waals surface area (Å²) in [5.41, 5.74) is 3.75. The van der Waals surface area contributed by atoms with E-state index in [1.807, 2.05) is 61.7 Å². The van der Waals surface area contributed by atoms with E-state index in [1.54, 1.807) is 10.6 Å². The Kier molecular flexibility index (Phi) is 5.94. The number of fused-ring (bicyclic) bond motifs is 1. The van der Waals surface area contributed by atoms with Crippen LogP contribution < -0.4 is 10.9 Å². The lowest BCUT2D eigenvalue weighted by atomic mass is 10.2. The number of aryl methyl sites for hydroxylation is 2. The molecule has 2 aromatic carbocycles. The lowest BCUT2D eigenvalue weighted by molar-refractivity contribution is -0.113. The Labute approximate surface area is 186 Å². The number of aromatic nitrogens is 2. The molecular weight excluding hydrogens is 438 g/mol. The Morgan fingerprint density at radius 2 is 2.00 bits per heavy atom. The summed E-state index contributed by atoms with van der Waals surface area (Å²) in [6.45, 7) is 3.86. The summed E-state index contributed by atoms with van der Waals surface area (Å²) in [7, 11) is 0. The maximum atomic E-state index is 13.1. The molecule has 0 radical (unpaired) electrons. The number of halogens is 1. The summed E-state index contributed by atoms with van der Waals surface area (Å²) >= 11 is 8.79. The van der Waals surface area contributed by atoms with E-state index in [1.165, 1.54) is 23.1 Å². The van der Waals surface area contributed by atoms with Crippen LogP contribution in [0.15, 0.2) is 63.9 Å². The minimum atomic E-state index is -0.216. The zero-order valence-electron chi connectivity index (χ0n) is 16.3. The number of thiophene rings is 1. The molecular formula is C22H18ClN3O2S2. The highest BCUT2D eigenvalue weighted by Crippen LogP contribution is 2.27. The van der Waals surface area contributed by atoms with Crippen molar-refractivity contribution in [3.8, 4) is 5.69 Å². The van der Waals surface area contributed by atoms with Crippen LogP contribution in [0.25, 0.3) is 15.9 Å². The van der Waals surface area contributed by atoms with Crippen LogP contribution in [0, 0.1) is 13.8 Å². The molecule has 152 valence electrons. The standard InChI is InChI=1S/C22H18ClN3O2S2/c1-13-5-3-7-15(11-13)26-21(28)20-17(9-10-29-20)24-22(26)30-12-18(27)25-19-14(2)6-4-8-16(19)23/h3-11H,12H2,1-2H3,(H,25,27). The van der Waals surface area contributed by atoms with Gasteiger partial charge in [0.1, 0.15) is 4.70 Å². The predicted molar refractivity (Wildman–Crippen MR) is 125 cm³/mol. The minimum Gasteiger partial charge on any atom is -0.324 e. The Bertz CT molecular complexity index is 1290. The van der Waals surface area contributed by atoms with Gasteiger partial charge in [-0.1, -0.05) is 47.6 Å². The monoisotopic (exact) mass is 455 g/mol. The molecule has 0 atom stereocenters. The molecule has 0 bridgehead atoms. The maximum Gasteiger partial charge on any atom is 0.276 e. The lowest BCUT2D eigenvalue weighted by Gasteiger charge is -2.13. The van der Waals surface area contributed by atoms with Crippen molar-refractivity contribution in [2.75, 3.05) is 11.1 Å². The van der Waals surface area contributed by atoms with Crippen LogP contribution in [-0.2, 0) is 4.79 Å². The van der Waals surface area contributed by atoms with Crippen molar-refractivity contribution in [1.29, 1.82) is 0 Å². The first kappa shape index (κ1) is 20.7. The third kappa shape index (κ3) is 4.14. The molecule has 30 heavy (non-hydrogen) atoms. The third-order valence-corrected chi connectivity index (χ3v) is 6.67. The molecule has 4 rings (SSSR count). The van der Waals surface area contributed by atoms with Crippen molar-refractivity contribution >= 4 is 56.5 Å². The molecule has 0 aliphatic carbocycles. The molecule has 2 heterocycles. The Morgan fingerprint density at radius 1 is 1.20 bits per heavy atom. The van der Waals surface area contributed by atoms with Gasteiger partial charge in [-0.3, -0.25) is 14.2 Å². The van der Waals surface area contributed by atoms with Crippen LogP contribution in [0.4, 0.5) is 5.69 Å². The van der Waals surface area contributed by atoms with Gasteiger partial charge < -0.3 is 5.32 Å². The van der Waals surface area contributed by atoms with E-state index in [9.17, 15) is 9.59 Å². The highest BCUT2D eigenvalue weighted by molar-refractivity contribution is 7.99. The molecule has 5 nitrogen and oxygen atoms in total. The zero-order valence-corrected chi connectivity index (χ0v) is 18.7. The molecule has 0 fully saturated rings. The number of rotatable bonds is 5. The smallest absolute Gasteiger partial charge is 0.276 e. The quantitative estimate of drug-likeness (QED) is 0.321. The summed E-state index contributed by atoms with van der Waals surface area (Å²) in [6.07, 6.45) is 0. The van der Waals surface area contributed by atoms with Crippen molar-refractivity contribution < 1.29 is 4.79 Å². The van der Waals surface area contributed by atoms with Gasteiger partial charge in [0, 0.05) is 0 Å². The first-order chi connectivity index (χ1) is 14.4. The van der Waals surface area contributed by atoms with Crippen molar-refractivity contribution in [3.63, 3.8) is 0 Å². The molecule has 0 unspecified atom stereocenters. The van der Waals surface area contributed by atoms with Gasteiger partial charge in [-0.25, -0.2) is 4.98 Å². The van der Waals surface area contributed by atoms with Crippen LogP contribution in [0.3, 0.4) is 0 Å². The van der Waals surface area contributed by atoms with Crippen LogP contribution in [0.1, 0.15) is 11.1 Å². The lowest BCUT2D eigenvalue weighted by Crippen LogP contribution is -2.22. The molecule has 0 aliphatic rings. The fourth-order valence-electron chi connectivity index (χ4n) is 3.08. The number of thioether (sulfide) groups is 1. The molecule has 0 aliphatic heterocycles. The van der Waals surface area contributed by atoms with E-state index >= 15 is 0 Å². The maximum absolute atomic E-state index is 13.1. The van der Waals surface area contributed by atoms with E-state index < -0.39 is 0 Å². The topological polar surface area (TPSA) is 64.0 Å². The van der Waals surface area contributed by atoms with E-state index in [0.29, 0.717) is 26.1 Å². The number of carbonyl (C=O) groups is 1. The number of nitrogens with one attached hydrogen (secondary N) is 1. The van der Waals surface area contributed by atoms with Gasteiger partial charge in [-0.15, -0.1) is 11.3 Å². The number of para-hydroxylation sites is 1. The summed E-state index contributed by atoms with van der Waals surface area (Å²) in [5, 5.41) is 5.67. The second-order valence-corrected chi connectivity index (χ2v) is 9.04. The van der Waals surface area contributed by atoms with Gasteiger partial charge >= 0.3 is 0 Å². The van der Waals surface area contributed by atoms with Crippen LogP contribution in [-0.4, -0.2) is 21.2 Å². The number of carbonyl (C=O) groups excluding carboxylic acids is 1. The first-order valence-corrected chi connectivity index (χ1v) is 11.4. The number of benzene rings is 2. The molecule has 1 N–H and O–H groups in total. The SMILES string of the molecule is Cc1cccc(-n2c(SCC(=O)Nc3c(C)cccc3Cl)nc3ccsc3c2=O)c1. The second kappa shape index (κ2) is 8.63. The number of nitrogens with zero attached hydrogens (tertiary/aromatic N) is 2. The second-order valence-electron chi connectivity index (χ2n) is 6.78. The number of hydrogen-bond donors (Lipinski definition) is 1. The van der Waals surface area contributed by atoms with Gasteiger partial charge in [0.2, 0.25) is 5.91 Å². The van der Waals surface area contributed by atoms with E-state index in [4.69, 9.17) is 11.6 Å². The summed E-state index contributed by atoms with van der Waals surface area (Å²) < 4.78 is 2.17. The molecule has 2 aromatic heterocycles. The highest BCUT2D eigenvalue weighted by Gasteiger charge is 2.16. The zero-order chi connectivity index (χ0) is 21.3. The Hall–Kier alpha value is -2.61. The summed E-state index contributed by atoms with van der Waals surface area (Å²) in [4.78, 5) is 30.4.